The van der Waals surface area contributed by atoms with Crippen molar-refractivity contribution in [3.63, 3.8) is 0 Å². The summed E-state index contributed by atoms with van der Waals surface area (Å²) in [5.74, 6) is -0.327. The van der Waals surface area contributed by atoms with Crippen LogP contribution in [0.15, 0.2) is 18.2 Å². The number of nitrogens with one attached hydrogen (secondary N) is 1. The van der Waals surface area contributed by atoms with Crippen LogP contribution in [0, 0.1) is 0 Å². The monoisotopic (exact) mass is 401 g/mol. The first-order chi connectivity index (χ1) is 12.2. The molecule has 1 saturated heterocycles. The Kier molecular flexibility index (Phi) is 7.02. The highest BCUT2D eigenvalue weighted by Gasteiger charge is 2.26. The van der Waals surface area contributed by atoms with Gasteiger partial charge in [-0.25, -0.2) is 12.7 Å². The fraction of sp³-hybridized carbons (Fsp3) is 0.529. The van der Waals surface area contributed by atoms with E-state index in [2.05, 4.69) is 5.32 Å². The van der Waals surface area contributed by atoms with Gasteiger partial charge >= 0.3 is 0 Å². The van der Waals surface area contributed by atoms with E-state index >= 15 is 0 Å². The zero-order valence-electron chi connectivity index (χ0n) is 15.0. The van der Waals surface area contributed by atoms with Crippen LogP contribution in [0.3, 0.4) is 0 Å². The summed E-state index contributed by atoms with van der Waals surface area (Å²) < 4.78 is 24.5. The summed E-state index contributed by atoms with van der Waals surface area (Å²) in [6.45, 7) is 3.41. The van der Waals surface area contributed by atoms with Crippen molar-refractivity contribution in [1.82, 2.24) is 9.62 Å². The third-order valence-electron chi connectivity index (χ3n) is 4.26. The summed E-state index contributed by atoms with van der Waals surface area (Å²) in [5.41, 5.74) is 0.906. The number of nitrogens with zero attached hydrogens (tertiary/aromatic N) is 2. The molecule has 0 atom stereocenters. The molecular weight excluding hydrogens is 378 g/mol. The van der Waals surface area contributed by atoms with Crippen LogP contribution in [0.5, 0.6) is 0 Å². The molecule has 1 heterocycles. The Bertz CT molecular complexity index is 782. The molecule has 9 heteroatoms. The smallest absolute Gasteiger partial charge is 0.253 e. The first kappa shape index (κ1) is 20.7. The Hall–Kier alpha value is -1.64. The molecule has 1 N–H and O–H groups in total. The van der Waals surface area contributed by atoms with E-state index in [1.165, 1.54) is 10.6 Å². The van der Waals surface area contributed by atoms with Crippen LogP contribution < -0.4 is 10.2 Å². The van der Waals surface area contributed by atoms with Crippen molar-refractivity contribution in [1.29, 1.82) is 0 Å². The van der Waals surface area contributed by atoms with Gasteiger partial charge in [0.2, 0.25) is 15.9 Å². The van der Waals surface area contributed by atoms with E-state index in [-0.39, 0.29) is 11.8 Å². The largest absolute Gasteiger partial charge is 0.352 e. The van der Waals surface area contributed by atoms with Crippen molar-refractivity contribution in [3.05, 3.63) is 28.8 Å². The molecule has 1 aromatic rings. The van der Waals surface area contributed by atoms with Crippen molar-refractivity contribution in [2.24, 2.45) is 0 Å². The molecule has 2 rings (SSSR count). The molecule has 2 amide bonds. The molecule has 0 radical (unpaired) electrons. The average Bonchev–Trinajstić information content (AvgIpc) is 2.99. The second kappa shape index (κ2) is 8.83. The highest BCUT2D eigenvalue weighted by Crippen LogP contribution is 2.28. The van der Waals surface area contributed by atoms with Gasteiger partial charge in [0, 0.05) is 37.6 Å². The topological polar surface area (TPSA) is 86.8 Å². The summed E-state index contributed by atoms with van der Waals surface area (Å²) in [4.78, 5) is 26.1. The molecule has 0 unspecified atom stereocenters. The Morgan fingerprint density at radius 3 is 2.69 bits per heavy atom. The second-order valence-electron chi connectivity index (χ2n) is 6.17. The predicted octanol–water partition coefficient (Wildman–Crippen LogP) is 1.87. The molecule has 1 aromatic carbocycles. The third-order valence-corrected chi connectivity index (χ3v) is 5.87. The van der Waals surface area contributed by atoms with E-state index in [1.807, 2.05) is 0 Å². The molecule has 7 nitrogen and oxygen atoms in total. The number of sulfonamides is 1. The lowest BCUT2D eigenvalue weighted by atomic mass is 10.1. The van der Waals surface area contributed by atoms with Gasteiger partial charge < -0.3 is 10.2 Å². The summed E-state index contributed by atoms with van der Waals surface area (Å²) >= 11 is 6.04. The SMILES string of the molecule is CCN(CCCNC(=O)c1ccc(Cl)cc1N1CCCC1=O)S(C)(=O)=O. The Morgan fingerprint density at radius 2 is 2.12 bits per heavy atom. The zero-order chi connectivity index (χ0) is 19.3. The molecule has 1 aliphatic rings. The number of rotatable bonds is 8. The predicted molar refractivity (Wildman–Crippen MR) is 102 cm³/mol. The lowest BCUT2D eigenvalue weighted by Crippen LogP contribution is -2.34. The minimum absolute atomic E-state index is 0.0203. The van der Waals surface area contributed by atoms with E-state index in [9.17, 15) is 18.0 Å². The van der Waals surface area contributed by atoms with E-state index in [1.54, 1.807) is 30.0 Å². The van der Waals surface area contributed by atoms with Crippen LogP contribution in [0.2, 0.25) is 5.02 Å². The number of hydrogen-bond acceptors (Lipinski definition) is 4. The number of halogens is 1. The molecule has 26 heavy (non-hydrogen) atoms. The normalized spacial score (nSPS) is 14.9. The second-order valence-corrected chi connectivity index (χ2v) is 8.59. The van der Waals surface area contributed by atoms with Crippen molar-refractivity contribution in [2.45, 2.75) is 26.2 Å². The Labute approximate surface area is 159 Å². The van der Waals surface area contributed by atoms with E-state index < -0.39 is 10.0 Å². The molecular formula is C17H24ClN3O4S. The van der Waals surface area contributed by atoms with Crippen LogP contribution in [-0.2, 0) is 14.8 Å². The van der Waals surface area contributed by atoms with Crippen molar-refractivity contribution >= 4 is 39.1 Å². The number of hydrogen-bond donors (Lipinski definition) is 1. The minimum atomic E-state index is -3.23. The van der Waals surface area contributed by atoms with Crippen LogP contribution in [-0.4, -0.2) is 57.0 Å². The lowest BCUT2D eigenvalue weighted by molar-refractivity contribution is -0.117. The maximum atomic E-state index is 12.5. The van der Waals surface area contributed by atoms with Gasteiger partial charge in [-0.15, -0.1) is 0 Å². The van der Waals surface area contributed by atoms with Gasteiger partial charge in [-0.2, -0.15) is 0 Å². The molecule has 144 valence electrons. The standard InChI is InChI=1S/C17H24ClN3O4S/c1-3-20(26(2,24)25)10-5-9-19-17(23)14-8-7-13(18)12-15(14)21-11-4-6-16(21)22/h7-8,12H,3-6,9-11H2,1-2H3,(H,19,23). The summed E-state index contributed by atoms with van der Waals surface area (Å²) in [5, 5.41) is 3.25. The van der Waals surface area contributed by atoms with Gasteiger partial charge in [0.1, 0.15) is 0 Å². The first-order valence-electron chi connectivity index (χ1n) is 8.57. The van der Waals surface area contributed by atoms with E-state index in [4.69, 9.17) is 11.6 Å². The highest BCUT2D eigenvalue weighted by molar-refractivity contribution is 7.88. The van der Waals surface area contributed by atoms with E-state index in [0.29, 0.717) is 55.3 Å². The Morgan fingerprint density at radius 1 is 1.38 bits per heavy atom. The van der Waals surface area contributed by atoms with Crippen molar-refractivity contribution < 1.29 is 18.0 Å². The number of anilines is 1. The summed E-state index contributed by atoms with van der Waals surface area (Å²) in [6.07, 6.45) is 2.89. The summed E-state index contributed by atoms with van der Waals surface area (Å²) in [6, 6.07) is 4.85. The van der Waals surface area contributed by atoms with Crippen molar-refractivity contribution in [2.75, 3.05) is 37.3 Å². The highest BCUT2D eigenvalue weighted by atomic mass is 35.5. The molecule has 0 aromatic heterocycles. The van der Waals surface area contributed by atoms with Crippen LogP contribution in [0.25, 0.3) is 0 Å². The van der Waals surface area contributed by atoms with Gasteiger partial charge in [0.15, 0.2) is 0 Å². The van der Waals surface area contributed by atoms with Crippen LogP contribution in [0.1, 0.15) is 36.5 Å². The maximum Gasteiger partial charge on any atom is 0.253 e. The van der Waals surface area contributed by atoms with Gasteiger partial charge in [-0.1, -0.05) is 18.5 Å². The number of benzene rings is 1. The Balaban J connectivity index is 2.00. The first-order valence-corrected chi connectivity index (χ1v) is 10.8. The van der Waals surface area contributed by atoms with Crippen molar-refractivity contribution in [3.8, 4) is 0 Å². The molecule has 0 bridgehead atoms. The molecule has 1 fully saturated rings. The van der Waals surface area contributed by atoms with Gasteiger partial charge in [0.25, 0.3) is 5.91 Å². The van der Waals surface area contributed by atoms with Gasteiger partial charge in [0.05, 0.1) is 17.5 Å². The zero-order valence-corrected chi connectivity index (χ0v) is 16.6. The molecule has 1 aliphatic heterocycles. The average molecular weight is 402 g/mol. The van der Waals surface area contributed by atoms with Gasteiger partial charge in [-0.05, 0) is 31.0 Å². The van der Waals surface area contributed by atoms with Crippen LogP contribution >= 0.6 is 11.6 Å². The quantitative estimate of drug-likeness (QED) is 0.673. The molecule has 0 spiro atoms. The van der Waals surface area contributed by atoms with Gasteiger partial charge in [-0.3, -0.25) is 9.59 Å². The molecule has 0 saturated carbocycles. The van der Waals surface area contributed by atoms with E-state index in [0.717, 1.165) is 6.42 Å². The van der Waals surface area contributed by atoms with Crippen LogP contribution in [0.4, 0.5) is 5.69 Å². The fourth-order valence-corrected chi connectivity index (χ4v) is 4.03. The summed E-state index contributed by atoms with van der Waals surface area (Å²) in [7, 11) is -3.23. The molecule has 0 aliphatic carbocycles. The minimum Gasteiger partial charge on any atom is -0.352 e. The lowest BCUT2D eigenvalue weighted by Gasteiger charge is -2.20. The maximum absolute atomic E-state index is 12.5. The third kappa shape index (κ3) is 5.18. The number of amides is 2. The number of carbonyl (C=O) groups excluding carboxylic acids is 2. The number of carbonyl (C=O) groups is 2. The fourth-order valence-electron chi connectivity index (χ4n) is 2.93.